The van der Waals surface area contributed by atoms with E-state index in [1.165, 1.54) is 11.3 Å². The van der Waals surface area contributed by atoms with E-state index in [0.717, 1.165) is 9.35 Å². The molecule has 0 fully saturated rings. The Morgan fingerprint density at radius 2 is 2.11 bits per heavy atom. The first-order chi connectivity index (χ1) is 8.99. The Hall–Kier alpha value is -0.750. The van der Waals surface area contributed by atoms with Crippen molar-refractivity contribution in [3.05, 3.63) is 48.5 Å². The van der Waals surface area contributed by atoms with Gasteiger partial charge in [-0.25, -0.2) is 4.79 Å². The summed E-state index contributed by atoms with van der Waals surface area (Å²) in [5.74, 6) is -0.924. The molecule has 2 rings (SSSR count). The van der Waals surface area contributed by atoms with Crippen LogP contribution in [0.15, 0.2) is 28.1 Å². The second-order valence-corrected chi connectivity index (χ2v) is 6.29. The van der Waals surface area contributed by atoms with E-state index in [0.29, 0.717) is 27.8 Å². The Kier molecular flexibility index (Phi) is 4.73. The maximum atomic E-state index is 10.8. The summed E-state index contributed by atoms with van der Waals surface area (Å²) >= 11 is 16.8. The maximum Gasteiger partial charge on any atom is 0.336 e. The fourth-order valence-corrected chi connectivity index (χ4v) is 3.07. The number of benzene rings is 1. The molecule has 1 heterocycles. The highest BCUT2D eigenvalue weighted by Gasteiger charge is 2.10. The predicted octanol–water partition coefficient (Wildman–Crippen LogP) is 5.13. The van der Waals surface area contributed by atoms with E-state index in [1.807, 2.05) is 6.07 Å². The van der Waals surface area contributed by atoms with Crippen molar-refractivity contribution in [2.45, 2.75) is 6.54 Å². The summed E-state index contributed by atoms with van der Waals surface area (Å²) in [7, 11) is 0. The lowest BCUT2D eigenvalue weighted by atomic mass is 10.3. The number of halogens is 3. The molecular weight excluding hydrogens is 373 g/mol. The monoisotopic (exact) mass is 379 g/mol. The highest BCUT2D eigenvalue weighted by atomic mass is 79.9. The average Bonchev–Trinajstić information content (AvgIpc) is 2.84. The van der Waals surface area contributed by atoms with Crippen LogP contribution in [0, 0.1) is 0 Å². The highest BCUT2D eigenvalue weighted by Crippen LogP contribution is 2.36. The Bertz CT molecular complexity index is 630. The zero-order chi connectivity index (χ0) is 14.0. The number of thiophene rings is 1. The molecule has 1 aromatic carbocycles. The van der Waals surface area contributed by atoms with Crippen LogP contribution in [0.3, 0.4) is 0 Å². The smallest absolute Gasteiger partial charge is 0.336 e. The van der Waals surface area contributed by atoms with Crippen molar-refractivity contribution >= 4 is 62.1 Å². The van der Waals surface area contributed by atoms with E-state index >= 15 is 0 Å². The minimum absolute atomic E-state index is 0.293. The molecule has 0 bridgehead atoms. The fourth-order valence-electron chi connectivity index (χ4n) is 1.43. The molecule has 100 valence electrons. The Morgan fingerprint density at radius 3 is 2.74 bits per heavy atom. The normalized spacial score (nSPS) is 10.5. The summed E-state index contributed by atoms with van der Waals surface area (Å²) in [5.41, 5.74) is 1.00. The van der Waals surface area contributed by atoms with Crippen molar-refractivity contribution in [1.82, 2.24) is 0 Å². The van der Waals surface area contributed by atoms with Crippen LogP contribution >= 0.6 is 50.5 Å². The largest absolute Gasteiger partial charge is 0.478 e. The van der Waals surface area contributed by atoms with Crippen LogP contribution in [-0.4, -0.2) is 11.1 Å². The molecule has 0 saturated heterocycles. The van der Waals surface area contributed by atoms with Gasteiger partial charge in [-0.15, -0.1) is 11.3 Å². The van der Waals surface area contributed by atoms with Crippen LogP contribution in [0.25, 0.3) is 0 Å². The van der Waals surface area contributed by atoms with Crippen molar-refractivity contribution in [1.29, 1.82) is 0 Å². The number of anilines is 1. The number of carboxylic acids is 1. The van der Waals surface area contributed by atoms with Gasteiger partial charge in [-0.1, -0.05) is 23.2 Å². The molecule has 0 amide bonds. The lowest BCUT2D eigenvalue weighted by molar-refractivity contribution is 0.0697. The van der Waals surface area contributed by atoms with E-state index in [4.69, 9.17) is 28.3 Å². The van der Waals surface area contributed by atoms with Crippen LogP contribution in [0.4, 0.5) is 5.69 Å². The van der Waals surface area contributed by atoms with E-state index < -0.39 is 5.97 Å². The third-order valence-electron chi connectivity index (χ3n) is 2.39. The van der Waals surface area contributed by atoms with Crippen molar-refractivity contribution in [3.63, 3.8) is 0 Å². The third-order valence-corrected chi connectivity index (χ3v) is 5.10. The molecule has 0 aliphatic carbocycles. The Labute approximate surface area is 132 Å². The first kappa shape index (κ1) is 14.7. The van der Waals surface area contributed by atoms with Crippen LogP contribution in [-0.2, 0) is 6.54 Å². The van der Waals surface area contributed by atoms with Crippen LogP contribution < -0.4 is 5.32 Å². The second-order valence-electron chi connectivity index (χ2n) is 3.68. The molecule has 1 aromatic heterocycles. The number of hydrogen-bond donors (Lipinski definition) is 2. The number of carboxylic acid groups (broad SMARTS) is 1. The van der Waals surface area contributed by atoms with Gasteiger partial charge in [0, 0.05) is 21.3 Å². The first-order valence-electron chi connectivity index (χ1n) is 5.17. The molecule has 0 unspecified atom stereocenters. The maximum absolute atomic E-state index is 10.8. The summed E-state index contributed by atoms with van der Waals surface area (Å²) in [5, 5.41) is 14.5. The van der Waals surface area contributed by atoms with Gasteiger partial charge in [0.25, 0.3) is 0 Å². The summed E-state index contributed by atoms with van der Waals surface area (Å²) in [6.45, 7) is 0.496. The van der Waals surface area contributed by atoms with Crippen LogP contribution in [0.5, 0.6) is 0 Å². The summed E-state index contributed by atoms with van der Waals surface area (Å²) < 4.78 is 0.731. The van der Waals surface area contributed by atoms with Crippen molar-refractivity contribution in [2.75, 3.05) is 5.32 Å². The quantitative estimate of drug-likeness (QED) is 0.723. The molecule has 0 atom stereocenters. The SMILES string of the molecule is O=C(O)c1csc(CNc2ccc(Br)c(Cl)c2Cl)c1. The topological polar surface area (TPSA) is 49.3 Å². The lowest BCUT2D eigenvalue weighted by Gasteiger charge is -2.09. The van der Waals surface area contributed by atoms with Crippen molar-refractivity contribution < 1.29 is 9.90 Å². The number of carbonyl (C=O) groups is 1. The van der Waals surface area contributed by atoms with E-state index in [9.17, 15) is 4.79 Å². The molecule has 19 heavy (non-hydrogen) atoms. The number of nitrogens with one attached hydrogen (secondary N) is 1. The zero-order valence-electron chi connectivity index (χ0n) is 9.41. The van der Waals surface area contributed by atoms with E-state index in [-0.39, 0.29) is 0 Å². The van der Waals surface area contributed by atoms with E-state index in [2.05, 4.69) is 21.2 Å². The fraction of sp³-hybridized carbons (Fsp3) is 0.0833. The Morgan fingerprint density at radius 1 is 1.37 bits per heavy atom. The van der Waals surface area contributed by atoms with Gasteiger partial charge in [-0.05, 0) is 34.1 Å². The number of aromatic carboxylic acids is 1. The van der Waals surface area contributed by atoms with Gasteiger partial charge in [-0.2, -0.15) is 0 Å². The first-order valence-corrected chi connectivity index (χ1v) is 7.60. The minimum Gasteiger partial charge on any atom is -0.478 e. The van der Waals surface area contributed by atoms with Gasteiger partial charge in [-0.3, -0.25) is 0 Å². The van der Waals surface area contributed by atoms with Gasteiger partial charge >= 0.3 is 5.97 Å². The highest BCUT2D eigenvalue weighted by molar-refractivity contribution is 9.10. The van der Waals surface area contributed by atoms with Gasteiger partial charge in [0.1, 0.15) is 0 Å². The van der Waals surface area contributed by atoms with Gasteiger partial charge in [0.05, 0.1) is 21.3 Å². The van der Waals surface area contributed by atoms with Gasteiger partial charge < -0.3 is 10.4 Å². The molecule has 0 saturated carbocycles. The molecular formula is C12H8BrCl2NO2S. The van der Waals surface area contributed by atoms with Gasteiger partial charge in [0.2, 0.25) is 0 Å². The minimum atomic E-state index is -0.924. The lowest BCUT2D eigenvalue weighted by Crippen LogP contribution is -1.99. The van der Waals surface area contributed by atoms with Crippen molar-refractivity contribution in [3.8, 4) is 0 Å². The van der Waals surface area contributed by atoms with Crippen LogP contribution in [0.2, 0.25) is 10.0 Å². The second kappa shape index (κ2) is 6.13. The van der Waals surface area contributed by atoms with Crippen molar-refractivity contribution in [2.24, 2.45) is 0 Å². The molecule has 0 aliphatic rings. The molecule has 7 heteroatoms. The third kappa shape index (κ3) is 3.42. The average molecular weight is 381 g/mol. The summed E-state index contributed by atoms with van der Waals surface area (Å²) in [6.07, 6.45) is 0. The standard InChI is InChI=1S/C12H8BrCl2NO2S/c13-8-1-2-9(11(15)10(8)14)16-4-7-3-6(5-19-7)12(17)18/h1-3,5,16H,4H2,(H,17,18). The van der Waals surface area contributed by atoms with Crippen LogP contribution in [0.1, 0.15) is 15.2 Å². The van der Waals surface area contributed by atoms with E-state index in [1.54, 1.807) is 17.5 Å². The molecule has 3 nitrogen and oxygen atoms in total. The molecule has 0 aliphatic heterocycles. The molecule has 2 aromatic rings. The summed E-state index contributed by atoms with van der Waals surface area (Å²) in [4.78, 5) is 11.7. The molecule has 2 N–H and O–H groups in total. The number of rotatable bonds is 4. The molecule has 0 spiro atoms. The van der Waals surface area contributed by atoms with Gasteiger partial charge in [0.15, 0.2) is 0 Å². The molecule has 0 radical (unpaired) electrons. The zero-order valence-corrected chi connectivity index (χ0v) is 13.3. The Balaban J connectivity index is 2.10. The predicted molar refractivity (Wildman–Crippen MR) is 82.8 cm³/mol. The summed E-state index contributed by atoms with van der Waals surface area (Å²) in [6, 6.07) is 5.24. The number of hydrogen-bond acceptors (Lipinski definition) is 3.